The van der Waals surface area contributed by atoms with Crippen LogP contribution in [0.15, 0.2) is 41.4 Å². The Morgan fingerprint density at radius 2 is 2.05 bits per heavy atom. The van der Waals surface area contributed by atoms with Crippen molar-refractivity contribution in [1.29, 1.82) is 0 Å². The van der Waals surface area contributed by atoms with E-state index in [1.165, 1.54) is 23.0 Å². The van der Waals surface area contributed by atoms with Crippen LogP contribution in [-0.4, -0.2) is 36.0 Å². The van der Waals surface area contributed by atoms with Gasteiger partial charge in [0, 0.05) is 0 Å². The lowest BCUT2D eigenvalue weighted by molar-refractivity contribution is -0.144. The van der Waals surface area contributed by atoms with E-state index in [0.29, 0.717) is 0 Å². The van der Waals surface area contributed by atoms with Crippen LogP contribution in [0.3, 0.4) is 0 Å². The molecule has 1 heterocycles. The van der Waals surface area contributed by atoms with Crippen molar-refractivity contribution >= 4 is 21.8 Å². The summed E-state index contributed by atoms with van der Waals surface area (Å²) in [5.74, 6) is -0.442. The fourth-order valence-electron chi connectivity index (χ4n) is 1.56. The van der Waals surface area contributed by atoms with E-state index in [2.05, 4.69) is 15.0 Å². The highest BCUT2D eigenvalue weighted by atomic mass is 32.2. The molecule has 0 unspecified atom stereocenters. The summed E-state index contributed by atoms with van der Waals surface area (Å²) < 4.78 is 32.4. The third-order valence-corrected chi connectivity index (χ3v) is 3.80. The smallest absolute Gasteiger partial charge is 0.327 e. The Labute approximate surface area is 121 Å². The van der Waals surface area contributed by atoms with Gasteiger partial charge in [-0.3, -0.25) is 9.52 Å². The first-order valence-electron chi connectivity index (χ1n) is 6.15. The van der Waals surface area contributed by atoms with Crippen LogP contribution in [0.25, 0.3) is 0 Å². The molecule has 1 aromatic heterocycles. The fourth-order valence-corrected chi connectivity index (χ4v) is 2.56. The molecule has 2 aromatic rings. The number of aromatic nitrogens is 3. The minimum absolute atomic E-state index is 0.0307. The van der Waals surface area contributed by atoms with Crippen molar-refractivity contribution in [3.8, 4) is 0 Å². The molecule has 0 bridgehead atoms. The van der Waals surface area contributed by atoms with Crippen molar-refractivity contribution in [3.63, 3.8) is 0 Å². The molecule has 0 aliphatic carbocycles. The summed E-state index contributed by atoms with van der Waals surface area (Å²) in [6.45, 7) is 1.83. The maximum absolute atomic E-state index is 12.1. The first-order chi connectivity index (χ1) is 10.0. The summed E-state index contributed by atoms with van der Waals surface area (Å²) >= 11 is 0. The van der Waals surface area contributed by atoms with Gasteiger partial charge in [0.25, 0.3) is 10.0 Å². The molecule has 0 aliphatic heterocycles. The zero-order chi connectivity index (χ0) is 15.3. The molecule has 21 heavy (non-hydrogen) atoms. The Bertz CT molecular complexity index is 712. The number of hydrogen-bond acceptors (Lipinski definition) is 6. The highest BCUT2D eigenvalue weighted by Gasteiger charge is 2.16. The van der Waals surface area contributed by atoms with Gasteiger partial charge < -0.3 is 4.74 Å². The van der Waals surface area contributed by atoms with E-state index in [0.717, 1.165) is 0 Å². The molecular formula is C12H14N4O4S. The van der Waals surface area contributed by atoms with Gasteiger partial charge in [0.15, 0.2) is 5.82 Å². The number of benzene rings is 1. The summed E-state index contributed by atoms with van der Waals surface area (Å²) in [5.41, 5.74) is 0. The standard InChI is InChI=1S/C12H14N4O4S/c1-2-20-12(17)9-16-8-11(13-15-16)14-21(18,19)10-6-4-3-5-7-10/h3-8,14H,2,9H2,1H3. The monoisotopic (exact) mass is 310 g/mol. The number of esters is 1. The molecule has 0 amide bonds. The van der Waals surface area contributed by atoms with Crippen LogP contribution in [0, 0.1) is 0 Å². The second kappa shape index (κ2) is 6.35. The number of hydrogen-bond donors (Lipinski definition) is 1. The molecular weight excluding hydrogens is 296 g/mol. The molecule has 0 radical (unpaired) electrons. The number of nitrogens with zero attached hydrogens (tertiary/aromatic N) is 3. The van der Waals surface area contributed by atoms with Gasteiger partial charge in [-0.15, -0.1) is 5.10 Å². The predicted octanol–water partition coefficient (Wildman–Crippen LogP) is 0.642. The Hall–Kier alpha value is -2.42. The molecule has 1 N–H and O–H groups in total. The van der Waals surface area contributed by atoms with E-state index >= 15 is 0 Å². The van der Waals surface area contributed by atoms with Crippen LogP contribution in [0.2, 0.25) is 0 Å². The molecule has 9 heteroatoms. The van der Waals surface area contributed by atoms with E-state index in [4.69, 9.17) is 4.74 Å². The highest BCUT2D eigenvalue weighted by Crippen LogP contribution is 2.12. The zero-order valence-corrected chi connectivity index (χ0v) is 12.1. The quantitative estimate of drug-likeness (QED) is 0.785. The number of rotatable bonds is 6. The number of ether oxygens (including phenoxy) is 1. The fraction of sp³-hybridized carbons (Fsp3) is 0.250. The van der Waals surface area contributed by atoms with E-state index in [1.54, 1.807) is 25.1 Å². The largest absolute Gasteiger partial charge is 0.465 e. The number of carbonyl (C=O) groups is 1. The summed E-state index contributed by atoms with van der Waals surface area (Å²) in [6.07, 6.45) is 1.32. The Morgan fingerprint density at radius 3 is 2.71 bits per heavy atom. The van der Waals surface area contributed by atoms with Crippen LogP contribution in [0.5, 0.6) is 0 Å². The van der Waals surface area contributed by atoms with Gasteiger partial charge in [0.2, 0.25) is 0 Å². The Morgan fingerprint density at radius 1 is 1.33 bits per heavy atom. The Kier molecular flexibility index (Phi) is 4.53. The minimum Gasteiger partial charge on any atom is -0.465 e. The van der Waals surface area contributed by atoms with Crippen molar-refractivity contribution in [3.05, 3.63) is 36.5 Å². The van der Waals surface area contributed by atoms with Crippen molar-refractivity contribution in [1.82, 2.24) is 15.0 Å². The second-order valence-corrected chi connectivity index (χ2v) is 5.71. The Balaban J connectivity index is 2.07. The number of carbonyl (C=O) groups excluding carboxylic acids is 1. The first kappa shape index (κ1) is 15.0. The van der Waals surface area contributed by atoms with Crippen LogP contribution in [0.1, 0.15) is 6.92 Å². The average Bonchev–Trinajstić information content (AvgIpc) is 2.86. The predicted molar refractivity (Wildman–Crippen MR) is 73.9 cm³/mol. The lowest BCUT2D eigenvalue weighted by Gasteiger charge is -2.04. The summed E-state index contributed by atoms with van der Waals surface area (Å²) in [7, 11) is -3.72. The van der Waals surface area contributed by atoms with Crippen molar-refractivity contribution in [2.45, 2.75) is 18.4 Å². The van der Waals surface area contributed by atoms with Gasteiger partial charge in [0.05, 0.1) is 17.7 Å². The molecule has 112 valence electrons. The van der Waals surface area contributed by atoms with E-state index < -0.39 is 16.0 Å². The maximum Gasteiger partial charge on any atom is 0.327 e. The van der Waals surface area contributed by atoms with E-state index in [-0.39, 0.29) is 23.9 Å². The molecule has 0 fully saturated rings. The van der Waals surface area contributed by atoms with E-state index in [1.807, 2.05) is 0 Å². The highest BCUT2D eigenvalue weighted by molar-refractivity contribution is 7.92. The third kappa shape index (κ3) is 4.02. The van der Waals surface area contributed by atoms with Crippen LogP contribution >= 0.6 is 0 Å². The van der Waals surface area contributed by atoms with Crippen molar-refractivity contribution in [2.24, 2.45) is 0 Å². The van der Waals surface area contributed by atoms with Gasteiger partial charge in [-0.25, -0.2) is 13.1 Å². The molecule has 0 spiro atoms. The molecule has 1 aromatic carbocycles. The average molecular weight is 310 g/mol. The number of nitrogens with one attached hydrogen (secondary N) is 1. The van der Waals surface area contributed by atoms with Gasteiger partial charge in [-0.2, -0.15) is 0 Å². The minimum atomic E-state index is -3.72. The van der Waals surface area contributed by atoms with Crippen LogP contribution < -0.4 is 4.72 Å². The molecule has 2 rings (SSSR count). The first-order valence-corrected chi connectivity index (χ1v) is 7.63. The lowest BCUT2D eigenvalue weighted by atomic mass is 10.4. The summed E-state index contributed by atoms with van der Waals surface area (Å²) in [5, 5.41) is 7.31. The van der Waals surface area contributed by atoms with Gasteiger partial charge in [-0.05, 0) is 19.1 Å². The number of sulfonamides is 1. The number of anilines is 1. The SMILES string of the molecule is CCOC(=O)Cn1cc(NS(=O)(=O)c2ccccc2)nn1. The van der Waals surface area contributed by atoms with E-state index in [9.17, 15) is 13.2 Å². The molecule has 0 saturated carbocycles. The molecule has 0 atom stereocenters. The molecule has 8 nitrogen and oxygen atoms in total. The molecule has 0 aliphatic rings. The lowest BCUT2D eigenvalue weighted by Crippen LogP contribution is -2.14. The normalized spacial score (nSPS) is 11.1. The van der Waals surface area contributed by atoms with Crippen molar-refractivity contribution < 1.29 is 17.9 Å². The van der Waals surface area contributed by atoms with Gasteiger partial charge in [0.1, 0.15) is 6.54 Å². The molecule has 0 saturated heterocycles. The topological polar surface area (TPSA) is 103 Å². The van der Waals surface area contributed by atoms with Gasteiger partial charge >= 0.3 is 5.97 Å². The third-order valence-electron chi connectivity index (χ3n) is 2.43. The zero-order valence-electron chi connectivity index (χ0n) is 11.3. The van der Waals surface area contributed by atoms with Crippen molar-refractivity contribution in [2.75, 3.05) is 11.3 Å². The van der Waals surface area contributed by atoms with Crippen LogP contribution in [0.4, 0.5) is 5.82 Å². The summed E-state index contributed by atoms with van der Waals surface area (Å²) in [6, 6.07) is 7.88. The van der Waals surface area contributed by atoms with Gasteiger partial charge in [-0.1, -0.05) is 23.4 Å². The summed E-state index contributed by atoms with van der Waals surface area (Å²) in [4.78, 5) is 11.4. The van der Waals surface area contributed by atoms with Crippen LogP contribution in [-0.2, 0) is 26.1 Å². The maximum atomic E-state index is 12.1. The second-order valence-electron chi connectivity index (χ2n) is 4.02.